The van der Waals surface area contributed by atoms with Crippen molar-refractivity contribution in [2.75, 3.05) is 25.5 Å². The SMILES string of the molecule is CNc1cnc(C(C)C)nc1C(=O)N1CCC(C)(O)C1. The number of carbonyl (C=O) groups excluding carboxylic acids is 1. The minimum absolute atomic E-state index is 0.156. The Hall–Kier alpha value is -1.69. The first-order valence-corrected chi connectivity index (χ1v) is 6.90. The lowest BCUT2D eigenvalue weighted by molar-refractivity contribution is 0.0569. The van der Waals surface area contributed by atoms with E-state index in [9.17, 15) is 9.90 Å². The van der Waals surface area contributed by atoms with Gasteiger partial charge in [-0.25, -0.2) is 9.97 Å². The van der Waals surface area contributed by atoms with E-state index in [-0.39, 0.29) is 11.8 Å². The number of β-amino-alcohol motifs (C(OH)–C–C–N with tert-alkyl or cyclic N) is 1. The Morgan fingerprint density at radius 1 is 1.55 bits per heavy atom. The highest BCUT2D eigenvalue weighted by molar-refractivity contribution is 5.97. The number of rotatable bonds is 3. The fourth-order valence-corrected chi connectivity index (χ4v) is 2.29. The first-order valence-electron chi connectivity index (χ1n) is 6.90. The summed E-state index contributed by atoms with van der Waals surface area (Å²) in [6, 6.07) is 0. The summed E-state index contributed by atoms with van der Waals surface area (Å²) < 4.78 is 0. The fraction of sp³-hybridized carbons (Fsp3) is 0.643. The highest BCUT2D eigenvalue weighted by Gasteiger charge is 2.35. The van der Waals surface area contributed by atoms with Crippen LogP contribution in [0.15, 0.2) is 6.20 Å². The van der Waals surface area contributed by atoms with Crippen LogP contribution in [0.2, 0.25) is 0 Å². The van der Waals surface area contributed by atoms with Crippen LogP contribution in [-0.2, 0) is 0 Å². The molecule has 0 radical (unpaired) electrons. The van der Waals surface area contributed by atoms with Crippen molar-refractivity contribution >= 4 is 11.6 Å². The second-order valence-electron chi connectivity index (χ2n) is 5.87. The molecule has 1 unspecified atom stereocenters. The Balaban J connectivity index is 2.31. The second kappa shape index (κ2) is 5.36. The van der Waals surface area contributed by atoms with Crippen molar-refractivity contribution in [3.8, 4) is 0 Å². The number of aromatic nitrogens is 2. The maximum atomic E-state index is 12.6. The molecule has 1 atom stereocenters. The lowest BCUT2D eigenvalue weighted by Crippen LogP contribution is -2.34. The second-order valence-corrected chi connectivity index (χ2v) is 5.87. The number of nitrogens with one attached hydrogen (secondary N) is 1. The van der Waals surface area contributed by atoms with Gasteiger partial charge in [-0.1, -0.05) is 13.8 Å². The number of aliphatic hydroxyl groups is 1. The number of hydrogen-bond donors (Lipinski definition) is 2. The summed E-state index contributed by atoms with van der Waals surface area (Å²) >= 11 is 0. The molecule has 1 aromatic heterocycles. The molecule has 0 bridgehead atoms. The van der Waals surface area contributed by atoms with Crippen molar-refractivity contribution < 1.29 is 9.90 Å². The van der Waals surface area contributed by atoms with Gasteiger partial charge in [-0.3, -0.25) is 4.79 Å². The summed E-state index contributed by atoms with van der Waals surface area (Å²) in [5, 5.41) is 12.9. The summed E-state index contributed by atoms with van der Waals surface area (Å²) in [5.41, 5.74) is 0.193. The monoisotopic (exact) mass is 278 g/mol. The molecule has 1 saturated heterocycles. The topological polar surface area (TPSA) is 78.4 Å². The predicted molar refractivity (Wildman–Crippen MR) is 76.8 cm³/mol. The van der Waals surface area contributed by atoms with E-state index in [2.05, 4.69) is 15.3 Å². The van der Waals surface area contributed by atoms with Crippen LogP contribution in [0.25, 0.3) is 0 Å². The van der Waals surface area contributed by atoms with Gasteiger partial charge in [0.25, 0.3) is 5.91 Å². The molecule has 2 rings (SSSR count). The molecule has 1 aliphatic heterocycles. The zero-order valence-corrected chi connectivity index (χ0v) is 12.5. The number of hydrogen-bond acceptors (Lipinski definition) is 5. The number of likely N-dealkylation sites (tertiary alicyclic amines) is 1. The van der Waals surface area contributed by atoms with Crippen molar-refractivity contribution in [3.05, 3.63) is 17.7 Å². The van der Waals surface area contributed by atoms with Gasteiger partial charge in [0, 0.05) is 26.1 Å². The van der Waals surface area contributed by atoms with E-state index in [0.717, 1.165) is 0 Å². The van der Waals surface area contributed by atoms with Crippen molar-refractivity contribution in [2.45, 2.75) is 38.7 Å². The molecule has 1 amide bonds. The smallest absolute Gasteiger partial charge is 0.274 e. The lowest BCUT2D eigenvalue weighted by atomic mass is 10.1. The first-order chi connectivity index (χ1) is 9.34. The van der Waals surface area contributed by atoms with Gasteiger partial charge >= 0.3 is 0 Å². The van der Waals surface area contributed by atoms with Gasteiger partial charge < -0.3 is 15.3 Å². The minimum atomic E-state index is -0.802. The standard InChI is InChI=1S/C14H22N4O2/c1-9(2)12-16-7-10(15-4)11(17-12)13(19)18-6-5-14(3,20)8-18/h7,9,15,20H,5-6,8H2,1-4H3. The van der Waals surface area contributed by atoms with E-state index < -0.39 is 5.60 Å². The molecule has 0 saturated carbocycles. The molecule has 6 heteroatoms. The van der Waals surface area contributed by atoms with Crippen molar-refractivity contribution in [1.29, 1.82) is 0 Å². The van der Waals surface area contributed by atoms with Crippen LogP contribution in [0.1, 0.15) is 49.4 Å². The average Bonchev–Trinajstić information content (AvgIpc) is 2.77. The van der Waals surface area contributed by atoms with Gasteiger partial charge in [-0.2, -0.15) is 0 Å². The number of nitrogens with zero attached hydrogens (tertiary/aromatic N) is 3. The average molecular weight is 278 g/mol. The van der Waals surface area contributed by atoms with E-state index in [1.165, 1.54) is 0 Å². The van der Waals surface area contributed by atoms with Crippen LogP contribution in [0.5, 0.6) is 0 Å². The Kier molecular flexibility index (Phi) is 3.94. The van der Waals surface area contributed by atoms with Crippen molar-refractivity contribution in [2.24, 2.45) is 0 Å². The van der Waals surface area contributed by atoms with Gasteiger partial charge in [0.1, 0.15) is 5.82 Å². The quantitative estimate of drug-likeness (QED) is 0.869. The molecule has 20 heavy (non-hydrogen) atoms. The Morgan fingerprint density at radius 3 is 2.75 bits per heavy atom. The molecule has 1 aliphatic rings. The Morgan fingerprint density at radius 2 is 2.25 bits per heavy atom. The normalized spacial score (nSPS) is 22.4. The van der Waals surface area contributed by atoms with Crippen LogP contribution >= 0.6 is 0 Å². The zero-order chi connectivity index (χ0) is 14.9. The van der Waals surface area contributed by atoms with Crippen LogP contribution in [0.4, 0.5) is 5.69 Å². The third-order valence-corrected chi connectivity index (χ3v) is 3.53. The summed E-state index contributed by atoms with van der Waals surface area (Å²) in [4.78, 5) is 22.9. The molecule has 1 fully saturated rings. The molecule has 6 nitrogen and oxygen atoms in total. The molecular formula is C14H22N4O2. The Bertz CT molecular complexity index is 514. The molecule has 2 N–H and O–H groups in total. The predicted octanol–water partition coefficient (Wildman–Crippen LogP) is 1.24. The summed E-state index contributed by atoms with van der Waals surface area (Å²) in [6.07, 6.45) is 2.24. The molecule has 0 spiro atoms. The molecule has 110 valence electrons. The molecule has 1 aromatic rings. The highest BCUT2D eigenvalue weighted by atomic mass is 16.3. The van der Waals surface area contributed by atoms with Crippen molar-refractivity contribution in [3.63, 3.8) is 0 Å². The van der Waals surface area contributed by atoms with Gasteiger partial charge in [0.15, 0.2) is 5.69 Å². The van der Waals surface area contributed by atoms with Crippen LogP contribution < -0.4 is 5.32 Å². The maximum absolute atomic E-state index is 12.6. The molecular weight excluding hydrogens is 256 g/mol. The largest absolute Gasteiger partial charge is 0.388 e. The highest BCUT2D eigenvalue weighted by Crippen LogP contribution is 2.24. The van der Waals surface area contributed by atoms with Crippen LogP contribution in [0.3, 0.4) is 0 Å². The minimum Gasteiger partial charge on any atom is -0.388 e. The summed E-state index contributed by atoms with van der Waals surface area (Å²) in [6.45, 7) is 6.62. The number of amides is 1. The van der Waals surface area contributed by atoms with E-state index >= 15 is 0 Å². The van der Waals surface area contributed by atoms with Crippen LogP contribution in [-0.4, -0.2) is 51.6 Å². The number of carbonyl (C=O) groups is 1. The van der Waals surface area contributed by atoms with Crippen molar-refractivity contribution in [1.82, 2.24) is 14.9 Å². The fourth-order valence-electron chi connectivity index (χ4n) is 2.29. The molecule has 2 heterocycles. The van der Waals surface area contributed by atoms with Gasteiger partial charge in [-0.05, 0) is 13.3 Å². The summed E-state index contributed by atoms with van der Waals surface area (Å²) in [5.74, 6) is 0.656. The van der Waals surface area contributed by atoms with Gasteiger partial charge in [-0.15, -0.1) is 0 Å². The molecule has 0 aromatic carbocycles. The lowest BCUT2D eigenvalue weighted by Gasteiger charge is -2.20. The van der Waals surface area contributed by atoms with Crippen LogP contribution in [0, 0.1) is 0 Å². The summed E-state index contributed by atoms with van der Waals surface area (Å²) in [7, 11) is 1.74. The Labute approximate surface area is 119 Å². The number of anilines is 1. The third-order valence-electron chi connectivity index (χ3n) is 3.53. The third kappa shape index (κ3) is 2.90. The zero-order valence-electron chi connectivity index (χ0n) is 12.5. The van der Waals surface area contributed by atoms with Gasteiger partial charge in [0.2, 0.25) is 0 Å². The van der Waals surface area contributed by atoms with E-state index in [1.807, 2.05) is 13.8 Å². The maximum Gasteiger partial charge on any atom is 0.274 e. The molecule has 0 aliphatic carbocycles. The van der Waals surface area contributed by atoms with E-state index in [1.54, 1.807) is 25.1 Å². The first kappa shape index (κ1) is 14.7. The van der Waals surface area contributed by atoms with E-state index in [4.69, 9.17) is 0 Å². The van der Waals surface area contributed by atoms with E-state index in [0.29, 0.717) is 36.7 Å². The van der Waals surface area contributed by atoms with Gasteiger partial charge in [0.05, 0.1) is 17.5 Å².